The van der Waals surface area contributed by atoms with Gasteiger partial charge in [0.2, 0.25) is 0 Å². The topological polar surface area (TPSA) is 35.5 Å². The Hall–Kier alpha value is -3.35. The molecule has 4 rings (SSSR count). The lowest BCUT2D eigenvalue weighted by Crippen LogP contribution is -2.04. The van der Waals surface area contributed by atoms with Crippen molar-refractivity contribution >= 4 is 37.5 Å². The molecule has 1 heterocycles. The maximum Gasteiger partial charge on any atom is 0.335 e. The molecule has 0 spiro atoms. The van der Waals surface area contributed by atoms with Gasteiger partial charge in [-0.3, -0.25) is 0 Å². The number of aryl methyl sites for hydroxylation is 1. The second-order valence-electron chi connectivity index (χ2n) is 7.45. The number of hydrogen-bond acceptors (Lipinski definition) is 4. The third kappa shape index (κ3) is 4.72. The summed E-state index contributed by atoms with van der Waals surface area (Å²) in [6.07, 6.45) is 4.45. The SMILES string of the molecule is C=CCOCCCc1ccc(-c2ccc3c(sc4c(F)c(OC(=O)C=C)ccc43)c2F)cc1. The molecule has 0 saturated heterocycles. The van der Waals surface area contributed by atoms with E-state index in [0.717, 1.165) is 41.4 Å². The third-order valence-electron chi connectivity index (χ3n) is 5.29. The van der Waals surface area contributed by atoms with Crippen LogP contribution in [0.2, 0.25) is 0 Å². The summed E-state index contributed by atoms with van der Waals surface area (Å²) in [7, 11) is 0. The van der Waals surface area contributed by atoms with Crippen LogP contribution in [0.3, 0.4) is 0 Å². The molecule has 0 saturated carbocycles. The van der Waals surface area contributed by atoms with E-state index in [1.165, 1.54) is 6.07 Å². The summed E-state index contributed by atoms with van der Waals surface area (Å²) in [5.41, 5.74) is 2.35. The van der Waals surface area contributed by atoms with Crippen molar-refractivity contribution < 1.29 is 23.0 Å². The summed E-state index contributed by atoms with van der Waals surface area (Å²) in [6, 6.07) is 14.3. The van der Waals surface area contributed by atoms with Gasteiger partial charge in [-0.25, -0.2) is 13.6 Å². The highest BCUT2D eigenvalue weighted by Gasteiger charge is 2.19. The fraction of sp³-hybridized carbons (Fsp3) is 0.148. The summed E-state index contributed by atoms with van der Waals surface area (Å²) in [4.78, 5) is 11.4. The van der Waals surface area contributed by atoms with E-state index < -0.39 is 17.6 Å². The molecule has 6 heteroatoms. The minimum absolute atomic E-state index is 0.204. The van der Waals surface area contributed by atoms with Crippen LogP contribution in [0, 0.1) is 11.6 Å². The average Bonchev–Trinajstić information content (AvgIpc) is 3.22. The van der Waals surface area contributed by atoms with Crippen molar-refractivity contribution in [2.24, 2.45) is 0 Å². The molecule has 0 radical (unpaired) electrons. The Morgan fingerprint density at radius 1 is 0.939 bits per heavy atom. The predicted octanol–water partition coefficient (Wildman–Crippen LogP) is 7.23. The Morgan fingerprint density at radius 3 is 2.33 bits per heavy atom. The number of carbonyl (C=O) groups excluding carboxylic acids is 1. The van der Waals surface area contributed by atoms with Crippen LogP contribution in [0.15, 0.2) is 73.8 Å². The lowest BCUT2D eigenvalue weighted by molar-refractivity contribution is -0.129. The van der Waals surface area contributed by atoms with Crippen LogP contribution in [0.1, 0.15) is 12.0 Å². The molecule has 0 N–H and O–H groups in total. The zero-order valence-corrected chi connectivity index (χ0v) is 18.7. The largest absolute Gasteiger partial charge is 0.420 e. The Kier molecular flexibility index (Phi) is 6.96. The van der Waals surface area contributed by atoms with E-state index in [0.29, 0.717) is 34.2 Å². The smallest absolute Gasteiger partial charge is 0.335 e. The summed E-state index contributed by atoms with van der Waals surface area (Å²) >= 11 is 1.01. The van der Waals surface area contributed by atoms with E-state index in [1.54, 1.807) is 24.3 Å². The Morgan fingerprint density at radius 2 is 1.64 bits per heavy atom. The van der Waals surface area contributed by atoms with Crippen molar-refractivity contribution in [1.82, 2.24) is 0 Å². The number of carbonyl (C=O) groups is 1. The minimum Gasteiger partial charge on any atom is -0.420 e. The van der Waals surface area contributed by atoms with Gasteiger partial charge in [-0.1, -0.05) is 49.1 Å². The van der Waals surface area contributed by atoms with Crippen LogP contribution in [0.4, 0.5) is 8.78 Å². The zero-order chi connectivity index (χ0) is 23.4. The maximum absolute atomic E-state index is 15.5. The first-order valence-electron chi connectivity index (χ1n) is 10.5. The normalized spacial score (nSPS) is 11.1. The molecule has 1 aromatic heterocycles. The van der Waals surface area contributed by atoms with Crippen LogP contribution < -0.4 is 4.74 Å². The second kappa shape index (κ2) is 10.1. The van der Waals surface area contributed by atoms with Gasteiger partial charge in [0.15, 0.2) is 11.6 Å². The van der Waals surface area contributed by atoms with Gasteiger partial charge in [-0.05, 0) is 36.1 Å². The highest BCUT2D eigenvalue weighted by Crippen LogP contribution is 2.42. The van der Waals surface area contributed by atoms with E-state index >= 15 is 4.39 Å². The van der Waals surface area contributed by atoms with E-state index in [1.807, 2.05) is 24.3 Å². The minimum atomic E-state index is -0.754. The maximum atomic E-state index is 15.5. The third-order valence-corrected chi connectivity index (χ3v) is 6.49. The zero-order valence-electron chi connectivity index (χ0n) is 17.9. The number of benzene rings is 3. The number of hydrogen-bond donors (Lipinski definition) is 0. The van der Waals surface area contributed by atoms with Gasteiger partial charge in [0.05, 0.1) is 16.0 Å². The summed E-state index contributed by atoms with van der Waals surface area (Å²) in [6.45, 7) is 8.14. The predicted molar refractivity (Wildman–Crippen MR) is 130 cm³/mol. The summed E-state index contributed by atoms with van der Waals surface area (Å²) in [5, 5.41) is 1.19. The fourth-order valence-electron chi connectivity index (χ4n) is 3.67. The molecule has 0 atom stereocenters. The number of rotatable bonds is 9. The van der Waals surface area contributed by atoms with E-state index in [4.69, 9.17) is 9.47 Å². The molecule has 3 nitrogen and oxygen atoms in total. The number of ether oxygens (including phenoxy) is 2. The molecule has 0 bridgehead atoms. The second-order valence-corrected chi connectivity index (χ2v) is 8.47. The molecule has 0 amide bonds. The molecule has 168 valence electrons. The van der Waals surface area contributed by atoms with Gasteiger partial charge in [0.25, 0.3) is 0 Å². The molecular weight excluding hydrogens is 442 g/mol. The lowest BCUT2D eigenvalue weighted by Gasteiger charge is -2.07. The van der Waals surface area contributed by atoms with Crippen LogP contribution in [0.5, 0.6) is 5.75 Å². The van der Waals surface area contributed by atoms with Crippen molar-refractivity contribution in [3.8, 4) is 16.9 Å². The van der Waals surface area contributed by atoms with Gasteiger partial charge in [0.1, 0.15) is 5.82 Å². The highest BCUT2D eigenvalue weighted by molar-refractivity contribution is 7.26. The Bertz CT molecular complexity index is 1340. The first-order valence-corrected chi connectivity index (χ1v) is 11.3. The molecule has 3 aromatic carbocycles. The van der Waals surface area contributed by atoms with Gasteiger partial charge < -0.3 is 9.47 Å². The van der Waals surface area contributed by atoms with Gasteiger partial charge in [0, 0.05) is 29.0 Å². The van der Waals surface area contributed by atoms with Crippen LogP contribution in [0.25, 0.3) is 31.3 Å². The number of thiophene rings is 1. The van der Waals surface area contributed by atoms with Crippen molar-refractivity contribution in [3.05, 3.63) is 91.0 Å². The highest BCUT2D eigenvalue weighted by atomic mass is 32.1. The first-order chi connectivity index (χ1) is 16.0. The molecule has 0 aliphatic rings. The average molecular weight is 465 g/mol. The molecule has 0 unspecified atom stereocenters. The van der Waals surface area contributed by atoms with E-state index in [2.05, 4.69) is 13.2 Å². The molecular formula is C27H22F2O3S. The van der Waals surface area contributed by atoms with Crippen LogP contribution >= 0.6 is 11.3 Å². The van der Waals surface area contributed by atoms with E-state index in [-0.39, 0.29) is 10.4 Å². The number of halogens is 2. The standard InChI is InChI=1S/C27H22F2O3S/c1-3-15-31-16-5-6-17-7-9-18(10-8-17)19-11-12-20-21-13-14-22(32-23(30)4-2)25(29)27(21)33-26(20)24(19)28/h3-4,7-14H,1-2,5-6,15-16H2. The van der Waals surface area contributed by atoms with Gasteiger partial charge in [-0.2, -0.15) is 0 Å². The van der Waals surface area contributed by atoms with Crippen molar-refractivity contribution in [3.63, 3.8) is 0 Å². The molecule has 4 aromatic rings. The first kappa shape index (κ1) is 22.8. The fourth-order valence-corrected chi connectivity index (χ4v) is 4.84. The van der Waals surface area contributed by atoms with Crippen LogP contribution in [-0.2, 0) is 16.0 Å². The Labute approximate surface area is 194 Å². The molecule has 0 aliphatic carbocycles. The summed E-state index contributed by atoms with van der Waals surface area (Å²) in [5.74, 6) is -2.05. The van der Waals surface area contributed by atoms with Crippen molar-refractivity contribution in [2.45, 2.75) is 12.8 Å². The molecule has 33 heavy (non-hydrogen) atoms. The molecule has 0 aliphatic heterocycles. The summed E-state index contributed by atoms with van der Waals surface area (Å²) < 4.78 is 41.4. The number of esters is 1. The lowest BCUT2D eigenvalue weighted by atomic mass is 10.0. The van der Waals surface area contributed by atoms with Gasteiger partial charge in [-0.15, -0.1) is 17.9 Å². The van der Waals surface area contributed by atoms with Crippen molar-refractivity contribution in [2.75, 3.05) is 13.2 Å². The van der Waals surface area contributed by atoms with E-state index in [9.17, 15) is 9.18 Å². The quantitative estimate of drug-likeness (QED) is 0.0862. The Balaban J connectivity index is 1.63. The van der Waals surface area contributed by atoms with Crippen molar-refractivity contribution in [1.29, 1.82) is 0 Å². The monoisotopic (exact) mass is 464 g/mol. The number of fused-ring (bicyclic) bond motifs is 3. The van der Waals surface area contributed by atoms with Gasteiger partial charge >= 0.3 is 5.97 Å². The van der Waals surface area contributed by atoms with Crippen LogP contribution in [-0.4, -0.2) is 19.2 Å². The molecule has 0 fully saturated rings.